The molecule has 0 aromatic carbocycles. The van der Waals surface area contributed by atoms with Gasteiger partial charge in [-0.15, -0.1) is 24.0 Å². The number of halogens is 1. The SMILES string of the molecule is CCc1nn(C)c(OC)c1CN=C(N)NC(C)CC.I. The topological polar surface area (TPSA) is 77.5 Å². The van der Waals surface area contributed by atoms with Crippen LogP contribution in [0.1, 0.15) is 38.4 Å². The van der Waals surface area contributed by atoms with Gasteiger partial charge in [0, 0.05) is 13.1 Å². The molecule has 0 aliphatic carbocycles. The second-order valence-electron chi connectivity index (χ2n) is 4.57. The minimum atomic E-state index is 0. The Morgan fingerprint density at radius 1 is 1.50 bits per heavy atom. The van der Waals surface area contributed by atoms with Crippen LogP contribution >= 0.6 is 24.0 Å². The summed E-state index contributed by atoms with van der Waals surface area (Å²) in [5.41, 5.74) is 7.86. The summed E-state index contributed by atoms with van der Waals surface area (Å²) in [6.07, 6.45) is 1.85. The molecule has 0 aliphatic rings. The summed E-state index contributed by atoms with van der Waals surface area (Å²) in [6, 6.07) is 0.324. The first-order chi connectivity index (χ1) is 9.03. The van der Waals surface area contributed by atoms with Crippen molar-refractivity contribution in [2.75, 3.05) is 7.11 Å². The standard InChI is InChI=1S/C13H25N5O.HI/c1-6-9(3)16-13(14)15-8-10-11(7-2)17-18(4)12(10)19-5;/h9H,6-8H2,1-5H3,(H3,14,15,16);1H. The molecule has 1 heterocycles. The summed E-state index contributed by atoms with van der Waals surface area (Å²) in [5.74, 6) is 1.21. The normalized spacial score (nSPS) is 12.8. The fraction of sp³-hybridized carbons (Fsp3) is 0.692. The quantitative estimate of drug-likeness (QED) is 0.438. The number of guanidine groups is 1. The van der Waals surface area contributed by atoms with Crippen molar-refractivity contribution in [3.63, 3.8) is 0 Å². The molecule has 0 saturated carbocycles. The molecule has 1 rings (SSSR count). The molecule has 1 aromatic heterocycles. The highest BCUT2D eigenvalue weighted by Gasteiger charge is 2.15. The molecule has 0 saturated heterocycles. The van der Waals surface area contributed by atoms with E-state index in [1.165, 1.54) is 0 Å². The number of rotatable bonds is 6. The largest absolute Gasteiger partial charge is 0.481 e. The average molecular weight is 395 g/mol. The van der Waals surface area contributed by atoms with E-state index < -0.39 is 0 Å². The number of aromatic nitrogens is 2. The lowest BCUT2D eigenvalue weighted by atomic mass is 10.2. The lowest BCUT2D eigenvalue weighted by Crippen LogP contribution is -2.38. The van der Waals surface area contributed by atoms with Crippen LogP contribution in [0.25, 0.3) is 0 Å². The highest BCUT2D eigenvalue weighted by atomic mass is 127. The number of nitrogens with zero attached hydrogens (tertiary/aromatic N) is 3. The number of nitrogens with one attached hydrogen (secondary N) is 1. The molecule has 6 nitrogen and oxygen atoms in total. The molecule has 116 valence electrons. The Kier molecular flexibility index (Phi) is 8.59. The molecule has 3 N–H and O–H groups in total. The smallest absolute Gasteiger partial charge is 0.216 e. The summed E-state index contributed by atoms with van der Waals surface area (Å²) in [5, 5.41) is 7.56. The van der Waals surface area contributed by atoms with E-state index in [-0.39, 0.29) is 24.0 Å². The van der Waals surface area contributed by atoms with E-state index in [0.717, 1.165) is 30.0 Å². The van der Waals surface area contributed by atoms with E-state index in [2.05, 4.69) is 36.2 Å². The Hall–Kier alpha value is -0.990. The van der Waals surface area contributed by atoms with Gasteiger partial charge in [0.25, 0.3) is 0 Å². The molecule has 20 heavy (non-hydrogen) atoms. The predicted octanol–water partition coefficient (Wildman–Crippen LogP) is 1.81. The highest BCUT2D eigenvalue weighted by molar-refractivity contribution is 14.0. The zero-order chi connectivity index (χ0) is 14.4. The average Bonchev–Trinajstić information content (AvgIpc) is 2.71. The number of hydrogen-bond donors (Lipinski definition) is 2. The van der Waals surface area contributed by atoms with Crippen molar-refractivity contribution in [3.8, 4) is 5.88 Å². The first-order valence-electron chi connectivity index (χ1n) is 6.68. The van der Waals surface area contributed by atoms with Crippen molar-refractivity contribution < 1.29 is 4.74 Å². The van der Waals surface area contributed by atoms with Crippen LogP contribution in [0.15, 0.2) is 4.99 Å². The fourth-order valence-electron chi connectivity index (χ4n) is 1.87. The first-order valence-corrected chi connectivity index (χ1v) is 6.68. The van der Waals surface area contributed by atoms with Crippen molar-refractivity contribution in [3.05, 3.63) is 11.3 Å². The van der Waals surface area contributed by atoms with Gasteiger partial charge in [-0.25, -0.2) is 9.67 Å². The number of hydrogen-bond acceptors (Lipinski definition) is 3. The molecule has 0 amide bonds. The van der Waals surface area contributed by atoms with Gasteiger partial charge in [-0.2, -0.15) is 5.10 Å². The fourth-order valence-corrected chi connectivity index (χ4v) is 1.87. The van der Waals surface area contributed by atoms with Crippen LogP contribution < -0.4 is 15.8 Å². The van der Waals surface area contributed by atoms with Crippen LogP contribution in [0, 0.1) is 0 Å². The van der Waals surface area contributed by atoms with E-state index in [1.807, 2.05) is 7.05 Å². The van der Waals surface area contributed by atoms with Crippen LogP contribution in [0.4, 0.5) is 0 Å². The molecule has 1 unspecified atom stereocenters. The minimum Gasteiger partial charge on any atom is -0.481 e. The van der Waals surface area contributed by atoms with Crippen molar-refractivity contribution in [2.24, 2.45) is 17.8 Å². The maximum atomic E-state index is 5.86. The highest BCUT2D eigenvalue weighted by Crippen LogP contribution is 2.22. The Morgan fingerprint density at radius 2 is 2.15 bits per heavy atom. The number of aryl methyl sites for hydroxylation is 2. The van der Waals surface area contributed by atoms with Gasteiger partial charge in [-0.1, -0.05) is 13.8 Å². The summed E-state index contributed by atoms with van der Waals surface area (Å²) in [4.78, 5) is 4.36. The van der Waals surface area contributed by atoms with E-state index in [4.69, 9.17) is 10.5 Å². The molecule has 0 bridgehead atoms. The third kappa shape index (κ3) is 4.84. The maximum Gasteiger partial charge on any atom is 0.216 e. The first kappa shape index (κ1) is 19.0. The van der Waals surface area contributed by atoms with Crippen LogP contribution in [0.3, 0.4) is 0 Å². The Labute approximate surface area is 138 Å². The number of methoxy groups -OCH3 is 1. The molecular weight excluding hydrogens is 369 g/mol. The van der Waals surface area contributed by atoms with Gasteiger partial charge in [0.1, 0.15) is 0 Å². The number of nitrogens with two attached hydrogens (primary N) is 1. The predicted molar refractivity (Wildman–Crippen MR) is 92.8 cm³/mol. The van der Waals surface area contributed by atoms with Gasteiger partial charge < -0.3 is 15.8 Å². The third-order valence-electron chi connectivity index (χ3n) is 3.11. The zero-order valence-corrected chi connectivity index (χ0v) is 15.3. The van der Waals surface area contributed by atoms with Gasteiger partial charge in [-0.3, -0.25) is 0 Å². The summed E-state index contributed by atoms with van der Waals surface area (Å²) in [7, 11) is 3.51. The van der Waals surface area contributed by atoms with E-state index in [0.29, 0.717) is 18.5 Å². The van der Waals surface area contributed by atoms with Crippen molar-refractivity contribution in [2.45, 2.75) is 46.2 Å². The maximum absolute atomic E-state index is 5.86. The summed E-state index contributed by atoms with van der Waals surface area (Å²) >= 11 is 0. The van der Waals surface area contributed by atoms with Crippen LogP contribution in [-0.4, -0.2) is 28.9 Å². The molecular formula is C13H26IN5O. The van der Waals surface area contributed by atoms with E-state index >= 15 is 0 Å². The molecule has 0 spiro atoms. The van der Waals surface area contributed by atoms with Gasteiger partial charge in [-0.05, 0) is 19.8 Å². The summed E-state index contributed by atoms with van der Waals surface area (Å²) < 4.78 is 7.10. The van der Waals surface area contributed by atoms with Crippen LogP contribution in [0.5, 0.6) is 5.88 Å². The Morgan fingerprint density at radius 3 is 2.65 bits per heavy atom. The van der Waals surface area contributed by atoms with Gasteiger partial charge >= 0.3 is 0 Å². The molecule has 0 radical (unpaired) electrons. The van der Waals surface area contributed by atoms with E-state index in [9.17, 15) is 0 Å². The Bertz CT molecular complexity index is 444. The second kappa shape index (κ2) is 9.04. The van der Waals surface area contributed by atoms with Gasteiger partial charge in [0.05, 0.1) is 24.9 Å². The van der Waals surface area contributed by atoms with Crippen LogP contribution in [0.2, 0.25) is 0 Å². The number of aliphatic imine (C=N–C) groups is 1. The monoisotopic (exact) mass is 395 g/mol. The third-order valence-corrected chi connectivity index (χ3v) is 3.11. The Balaban J connectivity index is 0.00000361. The lowest BCUT2D eigenvalue weighted by Gasteiger charge is -2.11. The van der Waals surface area contributed by atoms with Crippen molar-refractivity contribution in [1.82, 2.24) is 15.1 Å². The van der Waals surface area contributed by atoms with Crippen molar-refractivity contribution >= 4 is 29.9 Å². The molecule has 7 heteroatoms. The minimum absolute atomic E-state index is 0. The number of ether oxygens (including phenoxy) is 1. The lowest BCUT2D eigenvalue weighted by molar-refractivity contribution is 0.369. The zero-order valence-electron chi connectivity index (χ0n) is 12.9. The molecule has 1 aromatic rings. The molecule has 0 fully saturated rings. The van der Waals surface area contributed by atoms with Gasteiger partial charge in [0.2, 0.25) is 5.88 Å². The molecule has 1 atom stereocenters. The molecule has 0 aliphatic heterocycles. The van der Waals surface area contributed by atoms with Crippen molar-refractivity contribution in [1.29, 1.82) is 0 Å². The van der Waals surface area contributed by atoms with Gasteiger partial charge in [0.15, 0.2) is 5.96 Å². The van der Waals surface area contributed by atoms with E-state index in [1.54, 1.807) is 11.8 Å². The summed E-state index contributed by atoms with van der Waals surface area (Å²) in [6.45, 7) is 6.72. The second-order valence-corrected chi connectivity index (χ2v) is 4.57. The van der Waals surface area contributed by atoms with Crippen LogP contribution in [-0.2, 0) is 20.0 Å².